The average Bonchev–Trinajstić information content (AvgIpc) is 3.00. The lowest BCUT2D eigenvalue weighted by molar-refractivity contribution is -0.124. The van der Waals surface area contributed by atoms with Crippen LogP contribution in [0.1, 0.15) is 50.5 Å². The summed E-state index contributed by atoms with van der Waals surface area (Å²) in [6, 6.07) is 12.2. The summed E-state index contributed by atoms with van der Waals surface area (Å²) < 4.78 is 1.88. The van der Waals surface area contributed by atoms with E-state index in [0.717, 1.165) is 24.3 Å². The van der Waals surface area contributed by atoms with Gasteiger partial charge in [-0.15, -0.1) is 0 Å². The molecule has 0 atom stereocenters. The average molecular weight is 349 g/mol. The Bertz CT molecular complexity index is 759. The first kappa shape index (κ1) is 16.1. The van der Waals surface area contributed by atoms with Crippen LogP contribution in [-0.2, 0) is 11.3 Å². The number of benzene rings is 1. The summed E-state index contributed by atoms with van der Waals surface area (Å²) in [7, 11) is 0. The Morgan fingerprint density at radius 2 is 1.69 bits per heavy atom. The second kappa shape index (κ2) is 6.26. The highest BCUT2D eigenvalue weighted by Crippen LogP contribution is 2.61. The Morgan fingerprint density at radius 3 is 2.35 bits per heavy atom. The Balaban J connectivity index is 1.21. The molecule has 1 heterocycles. The Kier molecular flexibility index (Phi) is 3.87. The maximum atomic E-state index is 12.7. The lowest BCUT2D eigenvalue weighted by Gasteiger charge is -2.56. The van der Waals surface area contributed by atoms with Crippen LogP contribution >= 0.6 is 0 Å². The predicted molar refractivity (Wildman–Crippen MR) is 102 cm³/mol. The smallest absolute Gasteiger partial charge is 0.226 e. The molecule has 1 aromatic carbocycles. The number of amides is 1. The molecule has 2 aromatic rings. The molecule has 6 rings (SSSR count). The van der Waals surface area contributed by atoms with Gasteiger partial charge in [0.25, 0.3) is 0 Å². The van der Waals surface area contributed by atoms with Gasteiger partial charge in [-0.05, 0) is 67.3 Å². The highest BCUT2D eigenvalue weighted by molar-refractivity contribution is 5.90. The highest BCUT2D eigenvalue weighted by Gasteiger charge is 2.51. The number of hydrogen-bond acceptors (Lipinski definition) is 2. The van der Waals surface area contributed by atoms with Gasteiger partial charge in [-0.2, -0.15) is 5.10 Å². The van der Waals surface area contributed by atoms with Gasteiger partial charge in [0.1, 0.15) is 0 Å². The van der Waals surface area contributed by atoms with Gasteiger partial charge in [-0.3, -0.25) is 9.48 Å². The van der Waals surface area contributed by atoms with Crippen molar-refractivity contribution in [3.05, 3.63) is 48.2 Å². The van der Waals surface area contributed by atoms with Crippen molar-refractivity contribution < 1.29 is 4.79 Å². The normalized spacial score (nSPS) is 31.9. The number of carbonyl (C=O) groups is 1. The predicted octanol–water partition coefficient (Wildman–Crippen LogP) is 4.48. The van der Waals surface area contributed by atoms with Crippen LogP contribution in [0.25, 0.3) is 0 Å². The minimum Gasteiger partial charge on any atom is -0.309 e. The summed E-state index contributed by atoms with van der Waals surface area (Å²) in [6.07, 6.45) is 10.7. The van der Waals surface area contributed by atoms with Crippen LogP contribution in [-0.4, -0.2) is 15.7 Å². The van der Waals surface area contributed by atoms with E-state index in [0.29, 0.717) is 12.2 Å². The lowest BCUT2D eigenvalue weighted by Crippen LogP contribution is -2.47. The van der Waals surface area contributed by atoms with Crippen molar-refractivity contribution in [2.24, 2.45) is 23.2 Å². The molecular weight excluding hydrogens is 322 g/mol. The molecule has 1 N–H and O–H groups in total. The van der Waals surface area contributed by atoms with Crippen molar-refractivity contribution in [3.63, 3.8) is 0 Å². The zero-order valence-electron chi connectivity index (χ0n) is 15.2. The zero-order valence-corrected chi connectivity index (χ0v) is 15.2. The molecular formula is C22H27N3O. The Morgan fingerprint density at radius 1 is 1.04 bits per heavy atom. The van der Waals surface area contributed by atoms with E-state index < -0.39 is 0 Å². The third-order valence-corrected chi connectivity index (χ3v) is 6.80. The second-order valence-electron chi connectivity index (χ2n) is 9.03. The molecule has 0 radical (unpaired) electrons. The van der Waals surface area contributed by atoms with Crippen molar-refractivity contribution in [1.82, 2.24) is 9.78 Å². The largest absolute Gasteiger partial charge is 0.309 e. The van der Waals surface area contributed by atoms with E-state index in [9.17, 15) is 4.79 Å². The molecule has 4 aliphatic rings. The molecule has 4 saturated carbocycles. The number of carbonyl (C=O) groups excluding carboxylic acids is 1. The van der Waals surface area contributed by atoms with E-state index >= 15 is 0 Å². The van der Waals surface area contributed by atoms with Gasteiger partial charge in [0.2, 0.25) is 5.91 Å². The van der Waals surface area contributed by atoms with Crippen LogP contribution in [0.4, 0.5) is 5.82 Å². The van der Waals surface area contributed by atoms with Gasteiger partial charge in [0.05, 0.1) is 6.54 Å². The van der Waals surface area contributed by atoms with Crippen LogP contribution in [0, 0.1) is 23.2 Å². The maximum Gasteiger partial charge on any atom is 0.226 e. The highest BCUT2D eigenvalue weighted by atomic mass is 16.1. The number of nitrogens with zero attached hydrogens (tertiary/aromatic N) is 2. The summed E-state index contributed by atoms with van der Waals surface area (Å²) in [4.78, 5) is 12.7. The second-order valence-corrected chi connectivity index (χ2v) is 9.03. The number of nitrogens with one attached hydrogen (secondary N) is 1. The molecule has 4 aliphatic carbocycles. The number of hydrogen-bond donors (Lipinski definition) is 1. The topological polar surface area (TPSA) is 46.9 Å². The number of aromatic nitrogens is 2. The fourth-order valence-electron chi connectivity index (χ4n) is 6.32. The summed E-state index contributed by atoms with van der Waals surface area (Å²) in [6.45, 7) is 0.728. The SMILES string of the molecule is O=C(CC12CC3CC(CC(C3)C1)C2)Nc1ccn(Cc2ccccc2)n1. The van der Waals surface area contributed by atoms with E-state index in [2.05, 4.69) is 22.5 Å². The minimum atomic E-state index is 0.150. The first-order valence-corrected chi connectivity index (χ1v) is 10.0. The van der Waals surface area contributed by atoms with Gasteiger partial charge < -0.3 is 5.32 Å². The molecule has 0 unspecified atom stereocenters. The van der Waals surface area contributed by atoms with Gasteiger partial charge in [0.15, 0.2) is 5.82 Å². The summed E-state index contributed by atoms with van der Waals surface area (Å²) >= 11 is 0. The monoisotopic (exact) mass is 349 g/mol. The van der Waals surface area contributed by atoms with E-state index in [4.69, 9.17) is 0 Å². The van der Waals surface area contributed by atoms with Crippen LogP contribution in [0.2, 0.25) is 0 Å². The first-order chi connectivity index (χ1) is 12.7. The van der Waals surface area contributed by atoms with E-state index in [1.165, 1.54) is 44.1 Å². The lowest BCUT2D eigenvalue weighted by atomic mass is 9.49. The summed E-state index contributed by atoms with van der Waals surface area (Å²) in [5.74, 6) is 3.49. The summed E-state index contributed by atoms with van der Waals surface area (Å²) in [5.41, 5.74) is 1.49. The van der Waals surface area contributed by atoms with E-state index in [1.54, 1.807) is 0 Å². The van der Waals surface area contributed by atoms with Crippen molar-refractivity contribution in [2.45, 2.75) is 51.5 Å². The fourth-order valence-corrected chi connectivity index (χ4v) is 6.32. The molecule has 4 heteroatoms. The maximum absolute atomic E-state index is 12.7. The van der Waals surface area contributed by atoms with E-state index in [1.807, 2.05) is 35.1 Å². The quantitative estimate of drug-likeness (QED) is 0.865. The standard InChI is InChI=1S/C22H27N3O/c26-21(14-22-11-17-8-18(12-22)10-19(9-17)13-22)23-20-6-7-25(24-20)15-16-4-2-1-3-5-16/h1-7,17-19H,8-15H2,(H,23,24,26). The van der Waals surface area contributed by atoms with Crippen molar-refractivity contribution in [2.75, 3.05) is 5.32 Å². The minimum absolute atomic E-state index is 0.150. The molecule has 136 valence electrons. The van der Waals surface area contributed by atoms with Gasteiger partial charge >= 0.3 is 0 Å². The summed E-state index contributed by atoms with van der Waals surface area (Å²) in [5, 5.41) is 7.58. The molecule has 1 amide bonds. The van der Waals surface area contributed by atoms with Gasteiger partial charge in [-0.25, -0.2) is 0 Å². The third-order valence-electron chi connectivity index (χ3n) is 6.80. The molecule has 0 aliphatic heterocycles. The molecule has 4 fully saturated rings. The van der Waals surface area contributed by atoms with Crippen molar-refractivity contribution in [1.29, 1.82) is 0 Å². The van der Waals surface area contributed by atoms with Crippen molar-refractivity contribution in [3.8, 4) is 0 Å². The van der Waals surface area contributed by atoms with Crippen LogP contribution in [0.15, 0.2) is 42.6 Å². The third kappa shape index (κ3) is 3.17. The Labute approximate surface area is 155 Å². The van der Waals surface area contributed by atoms with Gasteiger partial charge in [0, 0.05) is 18.7 Å². The van der Waals surface area contributed by atoms with Crippen molar-refractivity contribution >= 4 is 11.7 Å². The fraction of sp³-hybridized carbons (Fsp3) is 0.545. The number of anilines is 1. The molecule has 4 nitrogen and oxygen atoms in total. The van der Waals surface area contributed by atoms with Gasteiger partial charge in [-0.1, -0.05) is 30.3 Å². The van der Waals surface area contributed by atoms with Crippen LogP contribution < -0.4 is 5.32 Å². The van der Waals surface area contributed by atoms with Crippen LogP contribution in [0.3, 0.4) is 0 Å². The molecule has 1 aromatic heterocycles. The van der Waals surface area contributed by atoms with Crippen LogP contribution in [0.5, 0.6) is 0 Å². The zero-order chi connectivity index (χ0) is 17.6. The number of rotatable bonds is 5. The Hall–Kier alpha value is -2.10. The molecule has 0 spiro atoms. The van der Waals surface area contributed by atoms with E-state index in [-0.39, 0.29) is 11.3 Å². The molecule has 4 bridgehead atoms. The first-order valence-electron chi connectivity index (χ1n) is 10.0. The molecule has 0 saturated heterocycles. The molecule has 26 heavy (non-hydrogen) atoms.